The summed E-state index contributed by atoms with van der Waals surface area (Å²) in [6.45, 7) is 1.45. The summed E-state index contributed by atoms with van der Waals surface area (Å²) < 4.78 is 0. The van der Waals surface area contributed by atoms with E-state index in [-0.39, 0.29) is 5.91 Å². The second kappa shape index (κ2) is 3.87. The minimum atomic E-state index is -0.129. The van der Waals surface area contributed by atoms with Crippen LogP contribution in [-0.2, 0) is 4.79 Å². The van der Waals surface area contributed by atoms with Crippen LogP contribution in [0.15, 0.2) is 30.3 Å². The van der Waals surface area contributed by atoms with Crippen molar-refractivity contribution in [3.63, 3.8) is 0 Å². The maximum absolute atomic E-state index is 10.8. The Bertz CT molecular complexity index is 525. The molecule has 4 heteroatoms. The number of anilines is 1. The number of nitrogens with zero attached hydrogens (tertiary/aromatic N) is 1. The first-order valence-electron chi connectivity index (χ1n) is 4.49. The molecule has 3 nitrogen and oxygen atoms in total. The number of rotatable bonds is 1. The van der Waals surface area contributed by atoms with Gasteiger partial charge in [0.1, 0.15) is 5.82 Å². The van der Waals surface area contributed by atoms with E-state index in [0.717, 1.165) is 10.9 Å². The highest BCUT2D eigenvalue weighted by Crippen LogP contribution is 2.19. The molecular formula is C11H9ClN2O. The maximum Gasteiger partial charge on any atom is 0.222 e. The van der Waals surface area contributed by atoms with Gasteiger partial charge in [-0.3, -0.25) is 4.79 Å². The third-order valence-electron chi connectivity index (χ3n) is 1.96. The zero-order chi connectivity index (χ0) is 10.8. The van der Waals surface area contributed by atoms with Gasteiger partial charge in [0.05, 0.1) is 5.52 Å². The Kier molecular flexibility index (Phi) is 2.56. The molecule has 0 saturated carbocycles. The van der Waals surface area contributed by atoms with Gasteiger partial charge in [0, 0.05) is 17.3 Å². The van der Waals surface area contributed by atoms with E-state index in [9.17, 15) is 4.79 Å². The summed E-state index contributed by atoms with van der Waals surface area (Å²) in [5, 5.41) is 4.26. The third-order valence-corrected chi connectivity index (χ3v) is 2.19. The van der Waals surface area contributed by atoms with Crippen LogP contribution >= 0.6 is 11.6 Å². The van der Waals surface area contributed by atoms with Gasteiger partial charge in [-0.05, 0) is 30.3 Å². The van der Waals surface area contributed by atoms with Crippen LogP contribution in [0.25, 0.3) is 10.9 Å². The predicted molar refractivity (Wildman–Crippen MR) is 61.1 cm³/mol. The lowest BCUT2D eigenvalue weighted by Crippen LogP contribution is -2.07. The monoisotopic (exact) mass is 220 g/mol. The van der Waals surface area contributed by atoms with Crippen molar-refractivity contribution in [2.45, 2.75) is 6.92 Å². The van der Waals surface area contributed by atoms with Crippen molar-refractivity contribution in [2.24, 2.45) is 0 Å². The van der Waals surface area contributed by atoms with Crippen molar-refractivity contribution in [1.29, 1.82) is 0 Å². The molecule has 0 atom stereocenters. The Morgan fingerprint density at radius 1 is 1.33 bits per heavy atom. The van der Waals surface area contributed by atoms with Crippen molar-refractivity contribution < 1.29 is 4.79 Å². The van der Waals surface area contributed by atoms with Crippen LogP contribution in [0.2, 0.25) is 5.02 Å². The van der Waals surface area contributed by atoms with Gasteiger partial charge >= 0.3 is 0 Å². The molecule has 2 aromatic rings. The predicted octanol–water partition coefficient (Wildman–Crippen LogP) is 2.85. The average molecular weight is 221 g/mol. The summed E-state index contributed by atoms with van der Waals surface area (Å²) in [5.41, 5.74) is 0.811. The molecule has 76 valence electrons. The highest BCUT2D eigenvalue weighted by Gasteiger charge is 2.00. The number of amides is 1. The first-order chi connectivity index (χ1) is 7.15. The highest BCUT2D eigenvalue weighted by atomic mass is 35.5. The molecule has 2 rings (SSSR count). The van der Waals surface area contributed by atoms with Crippen molar-refractivity contribution in [1.82, 2.24) is 4.98 Å². The van der Waals surface area contributed by atoms with Crippen LogP contribution in [0.1, 0.15) is 6.92 Å². The fraction of sp³-hybridized carbons (Fsp3) is 0.0909. The lowest BCUT2D eigenvalue weighted by atomic mass is 10.2. The van der Waals surface area contributed by atoms with E-state index in [1.54, 1.807) is 12.1 Å². The Morgan fingerprint density at radius 3 is 2.87 bits per heavy atom. The van der Waals surface area contributed by atoms with Crippen molar-refractivity contribution >= 4 is 34.2 Å². The number of carbonyl (C=O) groups is 1. The SMILES string of the molecule is CC(=O)Nc1ccc2cc(Cl)ccc2n1. The molecule has 1 N–H and O–H groups in total. The van der Waals surface area contributed by atoms with Crippen LogP contribution in [0.5, 0.6) is 0 Å². The van der Waals surface area contributed by atoms with Gasteiger partial charge < -0.3 is 5.32 Å². The molecule has 0 bridgehead atoms. The van der Waals surface area contributed by atoms with E-state index in [1.165, 1.54) is 6.92 Å². The smallest absolute Gasteiger partial charge is 0.222 e. The Hall–Kier alpha value is -1.61. The summed E-state index contributed by atoms with van der Waals surface area (Å²) in [7, 11) is 0. The van der Waals surface area contributed by atoms with Gasteiger partial charge in [-0.25, -0.2) is 4.98 Å². The van der Waals surface area contributed by atoms with Gasteiger partial charge in [-0.15, -0.1) is 0 Å². The fourth-order valence-corrected chi connectivity index (χ4v) is 1.53. The van der Waals surface area contributed by atoms with E-state index in [4.69, 9.17) is 11.6 Å². The quantitative estimate of drug-likeness (QED) is 0.803. The Morgan fingerprint density at radius 2 is 2.13 bits per heavy atom. The molecule has 15 heavy (non-hydrogen) atoms. The van der Waals surface area contributed by atoms with E-state index in [2.05, 4.69) is 10.3 Å². The molecule has 1 aromatic heterocycles. The summed E-state index contributed by atoms with van der Waals surface area (Å²) in [5.74, 6) is 0.424. The Labute approximate surface area is 92.1 Å². The fourth-order valence-electron chi connectivity index (χ4n) is 1.35. The number of pyridine rings is 1. The molecule has 0 aliphatic heterocycles. The molecule has 1 heterocycles. The number of aromatic nitrogens is 1. The molecular weight excluding hydrogens is 212 g/mol. The van der Waals surface area contributed by atoms with Gasteiger partial charge in [0.15, 0.2) is 0 Å². The van der Waals surface area contributed by atoms with Gasteiger partial charge in [-0.1, -0.05) is 11.6 Å². The topological polar surface area (TPSA) is 42.0 Å². The van der Waals surface area contributed by atoms with Crippen molar-refractivity contribution in [2.75, 3.05) is 5.32 Å². The number of hydrogen-bond donors (Lipinski definition) is 1. The summed E-state index contributed by atoms with van der Waals surface area (Å²) in [6, 6.07) is 9.05. The zero-order valence-electron chi connectivity index (χ0n) is 8.12. The summed E-state index contributed by atoms with van der Waals surface area (Å²) >= 11 is 5.85. The van der Waals surface area contributed by atoms with E-state index < -0.39 is 0 Å². The molecule has 0 unspecified atom stereocenters. The third kappa shape index (κ3) is 2.25. The summed E-state index contributed by atoms with van der Waals surface area (Å²) in [4.78, 5) is 15.1. The largest absolute Gasteiger partial charge is 0.311 e. The number of benzene rings is 1. The van der Waals surface area contributed by atoms with Crippen molar-refractivity contribution in [3.8, 4) is 0 Å². The molecule has 0 radical (unpaired) electrons. The lowest BCUT2D eigenvalue weighted by molar-refractivity contribution is -0.114. The second-order valence-electron chi connectivity index (χ2n) is 3.21. The number of carbonyl (C=O) groups excluding carboxylic acids is 1. The zero-order valence-corrected chi connectivity index (χ0v) is 8.88. The first kappa shape index (κ1) is 9.93. The number of halogens is 1. The summed E-state index contributed by atoms with van der Waals surface area (Å²) in [6.07, 6.45) is 0. The molecule has 0 aliphatic carbocycles. The van der Waals surface area contributed by atoms with Crippen LogP contribution in [0, 0.1) is 0 Å². The molecule has 1 amide bonds. The number of fused-ring (bicyclic) bond motifs is 1. The highest BCUT2D eigenvalue weighted by molar-refractivity contribution is 6.31. The van der Waals surface area contributed by atoms with Gasteiger partial charge in [0.25, 0.3) is 0 Å². The minimum Gasteiger partial charge on any atom is -0.311 e. The Balaban J connectivity index is 2.47. The van der Waals surface area contributed by atoms with Gasteiger partial charge in [-0.2, -0.15) is 0 Å². The molecule has 1 aromatic carbocycles. The van der Waals surface area contributed by atoms with E-state index >= 15 is 0 Å². The molecule has 0 saturated heterocycles. The normalized spacial score (nSPS) is 10.3. The van der Waals surface area contributed by atoms with Gasteiger partial charge in [0.2, 0.25) is 5.91 Å². The standard InChI is InChI=1S/C11H9ClN2O/c1-7(15)13-11-5-2-8-6-9(12)3-4-10(8)14-11/h2-6H,1H3,(H,13,14,15). The van der Waals surface area contributed by atoms with Crippen LogP contribution in [0.3, 0.4) is 0 Å². The van der Waals surface area contributed by atoms with E-state index in [0.29, 0.717) is 10.8 Å². The van der Waals surface area contributed by atoms with Crippen LogP contribution in [-0.4, -0.2) is 10.9 Å². The molecule has 0 spiro atoms. The molecule has 0 aliphatic rings. The van der Waals surface area contributed by atoms with Crippen LogP contribution in [0.4, 0.5) is 5.82 Å². The maximum atomic E-state index is 10.8. The lowest BCUT2D eigenvalue weighted by Gasteiger charge is -2.03. The van der Waals surface area contributed by atoms with Crippen molar-refractivity contribution in [3.05, 3.63) is 35.4 Å². The van der Waals surface area contributed by atoms with E-state index in [1.807, 2.05) is 18.2 Å². The number of nitrogens with one attached hydrogen (secondary N) is 1. The number of hydrogen-bond acceptors (Lipinski definition) is 2. The average Bonchev–Trinajstić information content (AvgIpc) is 2.17. The molecule has 0 fully saturated rings. The van der Waals surface area contributed by atoms with Crippen LogP contribution < -0.4 is 5.32 Å². The second-order valence-corrected chi connectivity index (χ2v) is 3.65. The first-order valence-corrected chi connectivity index (χ1v) is 4.87. The minimum absolute atomic E-state index is 0.129.